The highest BCUT2D eigenvalue weighted by Crippen LogP contribution is 2.18. The average molecular weight is 299 g/mol. The quantitative estimate of drug-likeness (QED) is 0.777. The van der Waals surface area contributed by atoms with Crippen LogP contribution < -0.4 is 5.73 Å². The molecule has 1 aromatic rings. The van der Waals surface area contributed by atoms with Crippen molar-refractivity contribution in [1.29, 1.82) is 0 Å². The Morgan fingerprint density at radius 1 is 1.15 bits per heavy atom. The first-order valence-corrected chi connectivity index (χ1v) is 8.32. The van der Waals surface area contributed by atoms with E-state index in [0.29, 0.717) is 5.69 Å². The summed E-state index contributed by atoms with van der Waals surface area (Å²) < 4.78 is 26.4. The predicted molar refractivity (Wildman–Crippen MR) is 83.1 cm³/mol. The van der Waals surface area contributed by atoms with Gasteiger partial charge in [-0.2, -0.15) is 4.31 Å². The van der Waals surface area contributed by atoms with Gasteiger partial charge in [-0.25, -0.2) is 8.42 Å². The van der Waals surface area contributed by atoms with Gasteiger partial charge in [0.15, 0.2) is 0 Å². The molecular weight excluding hydrogens is 274 g/mol. The van der Waals surface area contributed by atoms with E-state index in [9.17, 15) is 8.42 Å². The summed E-state index contributed by atoms with van der Waals surface area (Å²) in [5.41, 5.74) is 6.15. The SMILES string of the molecule is CCN(CC)C[C@H](C)N(C)S(=O)(=O)c1ccc(N)cc1. The highest BCUT2D eigenvalue weighted by atomic mass is 32.2. The maximum absolute atomic E-state index is 12.5. The summed E-state index contributed by atoms with van der Waals surface area (Å²) in [4.78, 5) is 2.49. The zero-order valence-corrected chi connectivity index (χ0v) is 13.5. The third-order valence-electron chi connectivity index (χ3n) is 3.59. The number of anilines is 1. The summed E-state index contributed by atoms with van der Waals surface area (Å²) in [6, 6.07) is 6.22. The van der Waals surface area contributed by atoms with Gasteiger partial charge in [-0.05, 0) is 44.3 Å². The molecule has 0 aromatic heterocycles. The minimum absolute atomic E-state index is 0.0857. The molecule has 114 valence electrons. The highest BCUT2D eigenvalue weighted by Gasteiger charge is 2.26. The van der Waals surface area contributed by atoms with Gasteiger partial charge in [0.05, 0.1) is 4.90 Å². The van der Waals surface area contributed by atoms with Gasteiger partial charge in [-0.3, -0.25) is 0 Å². The fourth-order valence-electron chi connectivity index (χ4n) is 2.01. The Morgan fingerprint density at radius 2 is 1.65 bits per heavy atom. The molecule has 5 nitrogen and oxygen atoms in total. The van der Waals surface area contributed by atoms with Gasteiger partial charge in [0.25, 0.3) is 0 Å². The Morgan fingerprint density at radius 3 is 2.10 bits per heavy atom. The molecule has 0 bridgehead atoms. The molecule has 20 heavy (non-hydrogen) atoms. The minimum atomic E-state index is -3.47. The molecule has 0 heterocycles. The lowest BCUT2D eigenvalue weighted by Gasteiger charge is -2.29. The third kappa shape index (κ3) is 3.94. The van der Waals surface area contributed by atoms with Gasteiger partial charge in [0.1, 0.15) is 0 Å². The summed E-state index contributed by atoms with van der Waals surface area (Å²) >= 11 is 0. The fraction of sp³-hybridized carbons (Fsp3) is 0.571. The molecular formula is C14H25N3O2S. The topological polar surface area (TPSA) is 66.6 Å². The summed E-state index contributed by atoms with van der Waals surface area (Å²) in [5.74, 6) is 0. The Labute approximate surface area is 122 Å². The Hall–Kier alpha value is -1.11. The number of nitrogens with zero attached hydrogens (tertiary/aromatic N) is 2. The van der Waals surface area contributed by atoms with Gasteiger partial charge < -0.3 is 10.6 Å². The molecule has 0 aliphatic heterocycles. The van der Waals surface area contributed by atoms with Crippen LogP contribution in [-0.2, 0) is 10.0 Å². The molecule has 0 radical (unpaired) electrons. The van der Waals surface area contributed by atoms with Crippen LogP contribution in [0, 0.1) is 0 Å². The number of benzene rings is 1. The van der Waals surface area contributed by atoms with Gasteiger partial charge in [-0.1, -0.05) is 13.8 Å². The summed E-state index contributed by atoms with van der Waals surface area (Å²) in [6.07, 6.45) is 0. The maximum Gasteiger partial charge on any atom is 0.243 e. The van der Waals surface area contributed by atoms with E-state index in [2.05, 4.69) is 18.7 Å². The first-order chi connectivity index (χ1) is 9.32. The van der Waals surface area contributed by atoms with Gasteiger partial charge in [0, 0.05) is 25.3 Å². The van der Waals surface area contributed by atoms with Crippen molar-refractivity contribution in [2.45, 2.75) is 31.7 Å². The standard InChI is InChI=1S/C14H25N3O2S/c1-5-17(6-2)11-12(3)16(4)20(18,19)14-9-7-13(15)8-10-14/h7-10,12H,5-6,11,15H2,1-4H3/t12-/m0/s1. The van der Waals surface area contributed by atoms with E-state index >= 15 is 0 Å². The zero-order chi connectivity index (χ0) is 15.3. The van der Waals surface area contributed by atoms with E-state index in [4.69, 9.17) is 5.73 Å². The highest BCUT2D eigenvalue weighted by molar-refractivity contribution is 7.89. The molecule has 1 atom stereocenters. The molecule has 0 fully saturated rings. The van der Waals surface area contributed by atoms with Crippen LogP contribution in [0.2, 0.25) is 0 Å². The monoisotopic (exact) mass is 299 g/mol. The van der Waals surface area contributed by atoms with Crippen LogP contribution in [0.1, 0.15) is 20.8 Å². The lowest BCUT2D eigenvalue weighted by atomic mass is 10.3. The van der Waals surface area contributed by atoms with Crippen molar-refractivity contribution in [1.82, 2.24) is 9.21 Å². The summed E-state index contributed by atoms with van der Waals surface area (Å²) in [5, 5.41) is 0. The van der Waals surface area contributed by atoms with Crippen LogP contribution in [0.25, 0.3) is 0 Å². The van der Waals surface area contributed by atoms with Crippen LogP contribution in [0.15, 0.2) is 29.2 Å². The lowest BCUT2D eigenvalue weighted by Crippen LogP contribution is -2.43. The van der Waals surface area contributed by atoms with Crippen molar-refractivity contribution in [3.05, 3.63) is 24.3 Å². The number of sulfonamides is 1. The second-order valence-corrected chi connectivity index (χ2v) is 6.92. The maximum atomic E-state index is 12.5. The van der Waals surface area contributed by atoms with E-state index in [0.717, 1.165) is 19.6 Å². The molecule has 1 aromatic carbocycles. The largest absolute Gasteiger partial charge is 0.399 e. The summed E-state index contributed by atoms with van der Waals surface area (Å²) in [7, 11) is -1.84. The van der Waals surface area contributed by atoms with Crippen LogP contribution in [0.3, 0.4) is 0 Å². The van der Waals surface area contributed by atoms with Crippen molar-refractivity contribution >= 4 is 15.7 Å². The third-order valence-corrected chi connectivity index (χ3v) is 5.58. The van der Waals surface area contributed by atoms with E-state index < -0.39 is 10.0 Å². The smallest absolute Gasteiger partial charge is 0.243 e. The fourth-order valence-corrected chi connectivity index (χ4v) is 3.37. The first-order valence-electron chi connectivity index (χ1n) is 6.88. The second-order valence-electron chi connectivity index (χ2n) is 4.93. The summed E-state index contributed by atoms with van der Waals surface area (Å²) in [6.45, 7) is 8.62. The van der Waals surface area contributed by atoms with Crippen molar-refractivity contribution in [3.8, 4) is 0 Å². The molecule has 0 amide bonds. The number of likely N-dealkylation sites (N-methyl/N-ethyl adjacent to an activating group) is 2. The Kier molecular flexibility index (Phi) is 5.98. The molecule has 0 saturated heterocycles. The number of nitrogens with two attached hydrogens (primary N) is 1. The van der Waals surface area contributed by atoms with Crippen LogP contribution in [0.4, 0.5) is 5.69 Å². The first kappa shape index (κ1) is 16.9. The molecule has 0 unspecified atom stereocenters. The molecule has 0 aliphatic rings. The number of hydrogen-bond acceptors (Lipinski definition) is 4. The number of rotatable bonds is 7. The van der Waals surface area contributed by atoms with E-state index in [1.807, 2.05) is 6.92 Å². The van der Waals surface area contributed by atoms with Crippen molar-refractivity contribution < 1.29 is 8.42 Å². The molecule has 6 heteroatoms. The molecule has 2 N–H and O–H groups in total. The van der Waals surface area contributed by atoms with Gasteiger partial charge in [0.2, 0.25) is 10.0 Å². The second kappa shape index (κ2) is 7.06. The molecule has 0 aliphatic carbocycles. The van der Waals surface area contributed by atoms with Crippen LogP contribution in [0.5, 0.6) is 0 Å². The van der Waals surface area contributed by atoms with Gasteiger partial charge >= 0.3 is 0 Å². The lowest BCUT2D eigenvalue weighted by molar-refractivity contribution is 0.237. The average Bonchev–Trinajstić information content (AvgIpc) is 2.44. The Balaban J connectivity index is 2.88. The molecule has 0 saturated carbocycles. The molecule has 0 spiro atoms. The van der Waals surface area contributed by atoms with Crippen molar-refractivity contribution in [2.75, 3.05) is 32.4 Å². The molecule has 1 rings (SSSR count). The van der Waals surface area contributed by atoms with E-state index in [1.54, 1.807) is 31.3 Å². The minimum Gasteiger partial charge on any atom is -0.399 e. The predicted octanol–water partition coefficient (Wildman–Crippen LogP) is 1.62. The van der Waals surface area contributed by atoms with Crippen LogP contribution in [-0.4, -0.2) is 50.3 Å². The van der Waals surface area contributed by atoms with Crippen LogP contribution >= 0.6 is 0 Å². The zero-order valence-electron chi connectivity index (χ0n) is 12.7. The van der Waals surface area contributed by atoms with E-state index in [1.165, 1.54) is 4.31 Å². The van der Waals surface area contributed by atoms with Crippen molar-refractivity contribution in [2.24, 2.45) is 0 Å². The van der Waals surface area contributed by atoms with Crippen molar-refractivity contribution in [3.63, 3.8) is 0 Å². The number of hydrogen-bond donors (Lipinski definition) is 1. The normalized spacial score (nSPS) is 13.9. The van der Waals surface area contributed by atoms with Gasteiger partial charge in [-0.15, -0.1) is 0 Å². The number of nitrogen functional groups attached to an aromatic ring is 1. The van der Waals surface area contributed by atoms with E-state index in [-0.39, 0.29) is 10.9 Å². The Bertz CT molecular complexity index is 510.